The maximum Gasteiger partial charge on any atom is 0.227 e. The van der Waals surface area contributed by atoms with Crippen LogP contribution >= 0.6 is 0 Å². The first kappa shape index (κ1) is 25.5. The summed E-state index contributed by atoms with van der Waals surface area (Å²) in [5.41, 5.74) is 0.778. The van der Waals surface area contributed by atoms with Gasteiger partial charge in [-0.25, -0.2) is 23.7 Å². The molecule has 1 aromatic carbocycles. The van der Waals surface area contributed by atoms with Crippen LogP contribution in [0.25, 0.3) is 0 Å². The minimum atomic E-state index is -0.792. The monoisotopic (exact) mass is 502 g/mol. The molecule has 0 bridgehead atoms. The van der Waals surface area contributed by atoms with Crippen molar-refractivity contribution in [1.29, 1.82) is 0 Å². The second-order valence-electron chi connectivity index (χ2n) is 8.50. The number of hydrogen-bond donors (Lipinski definition) is 1. The fraction of sp³-hybridized carbons (Fsp3) is 0.400. The van der Waals surface area contributed by atoms with Crippen LogP contribution in [-0.2, 0) is 22.5 Å². The van der Waals surface area contributed by atoms with Crippen LogP contribution in [0.5, 0.6) is 17.4 Å². The molecule has 4 rings (SSSR count). The van der Waals surface area contributed by atoms with Crippen molar-refractivity contribution in [3.63, 3.8) is 0 Å². The van der Waals surface area contributed by atoms with Crippen molar-refractivity contribution in [2.75, 3.05) is 25.6 Å². The van der Waals surface area contributed by atoms with E-state index >= 15 is 0 Å². The normalized spacial score (nSPS) is 16.6. The lowest BCUT2D eigenvalue weighted by atomic mass is 10.1. The zero-order valence-electron chi connectivity index (χ0n) is 20.5. The number of benzene rings is 1. The third kappa shape index (κ3) is 6.16. The standard InChI is InChI=1S/C25H28F2N4O5/c1-5-15-8-20(32-4)23(27)19(22(15)26)14-33-17-10-29-24(30-11-17)31-16-6-7-21(28-9-16)34-12-18-13-35-25(2,3)36-18/h6-11,18H,5,12-14H2,1-4H3,(H,29,30,31)/t18-/m0/s1. The molecule has 3 aromatic rings. The predicted molar refractivity (Wildman–Crippen MR) is 127 cm³/mol. The number of hydrogen-bond acceptors (Lipinski definition) is 9. The van der Waals surface area contributed by atoms with Crippen LogP contribution in [0.2, 0.25) is 0 Å². The molecule has 1 aliphatic rings. The van der Waals surface area contributed by atoms with Crippen LogP contribution in [0.1, 0.15) is 31.9 Å². The van der Waals surface area contributed by atoms with Crippen LogP contribution in [0.3, 0.4) is 0 Å². The van der Waals surface area contributed by atoms with Gasteiger partial charge in [0.25, 0.3) is 0 Å². The van der Waals surface area contributed by atoms with Crippen molar-refractivity contribution >= 4 is 11.6 Å². The van der Waals surface area contributed by atoms with Crippen molar-refractivity contribution < 1.29 is 32.5 Å². The Morgan fingerprint density at radius 1 is 1.08 bits per heavy atom. The number of nitrogens with zero attached hydrogens (tertiary/aromatic N) is 3. The van der Waals surface area contributed by atoms with Crippen LogP contribution in [0, 0.1) is 11.6 Å². The molecule has 1 fully saturated rings. The lowest BCUT2D eigenvalue weighted by molar-refractivity contribution is -0.141. The first-order chi connectivity index (χ1) is 17.3. The Labute approximate surface area is 207 Å². The van der Waals surface area contributed by atoms with Crippen LogP contribution in [-0.4, -0.2) is 47.2 Å². The topological polar surface area (TPSA) is 96.9 Å². The molecule has 1 N–H and O–H groups in total. The zero-order valence-corrected chi connectivity index (χ0v) is 20.5. The van der Waals surface area contributed by atoms with Gasteiger partial charge in [0.1, 0.15) is 25.1 Å². The molecular formula is C25H28F2N4O5. The summed E-state index contributed by atoms with van der Waals surface area (Å²) in [7, 11) is 1.33. The van der Waals surface area contributed by atoms with E-state index in [0.29, 0.717) is 42.7 Å². The summed E-state index contributed by atoms with van der Waals surface area (Å²) < 4.78 is 56.5. The summed E-state index contributed by atoms with van der Waals surface area (Å²) in [6.07, 6.45) is 4.63. The van der Waals surface area contributed by atoms with E-state index in [0.717, 1.165) is 0 Å². The van der Waals surface area contributed by atoms with Crippen LogP contribution in [0.4, 0.5) is 20.4 Å². The van der Waals surface area contributed by atoms with E-state index in [1.54, 1.807) is 25.3 Å². The van der Waals surface area contributed by atoms with Crippen LogP contribution < -0.4 is 19.5 Å². The number of pyridine rings is 1. The second kappa shape index (κ2) is 11.0. The molecule has 1 saturated heterocycles. The SMILES string of the molecule is CCc1cc(OC)c(F)c(COc2cnc(Nc3ccc(OC[C@H]4COC(C)(C)O4)nc3)nc2)c1F. The number of halogens is 2. The summed E-state index contributed by atoms with van der Waals surface area (Å²) in [6.45, 7) is 5.95. The summed E-state index contributed by atoms with van der Waals surface area (Å²) in [5.74, 6) is -1.08. The van der Waals surface area contributed by atoms with Gasteiger partial charge in [0.2, 0.25) is 11.8 Å². The van der Waals surface area contributed by atoms with Gasteiger partial charge in [-0.2, -0.15) is 0 Å². The average molecular weight is 503 g/mol. The smallest absolute Gasteiger partial charge is 0.227 e. The Balaban J connectivity index is 1.31. The lowest BCUT2D eigenvalue weighted by Gasteiger charge is -2.17. The highest BCUT2D eigenvalue weighted by molar-refractivity contribution is 5.52. The Morgan fingerprint density at radius 3 is 2.47 bits per heavy atom. The number of ether oxygens (including phenoxy) is 5. The molecule has 0 saturated carbocycles. The summed E-state index contributed by atoms with van der Waals surface area (Å²) in [4.78, 5) is 12.6. The number of methoxy groups -OCH3 is 1. The predicted octanol–water partition coefficient (Wildman–Crippen LogP) is 4.57. The third-order valence-electron chi connectivity index (χ3n) is 5.42. The Hall–Kier alpha value is -3.57. The highest BCUT2D eigenvalue weighted by atomic mass is 19.1. The van der Waals surface area contributed by atoms with Gasteiger partial charge in [-0.1, -0.05) is 6.92 Å². The van der Waals surface area contributed by atoms with Gasteiger partial charge >= 0.3 is 0 Å². The maximum atomic E-state index is 14.6. The van der Waals surface area contributed by atoms with E-state index in [9.17, 15) is 8.78 Å². The minimum Gasteiger partial charge on any atom is -0.494 e. The number of anilines is 2. The number of rotatable bonds is 10. The molecule has 0 unspecified atom stereocenters. The fourth-order valence-corrected chi connectivity index (χ4v) is 3.56. The fourth-order valence-electron chi connectivity index (χ4n) is 3.56. The minimum absolute atomic E-state index is 0.0301. The van der Waals surface area contributed by atoms with Gasteiger partial charge < -0.3 is 29.0 Å². The summed E-state index contributed by atoms with van der Waals surface area (Å²) >= 11 is 0. The first-order valence-corrected chi connectivity index (χ1v) is 11.4. The van der Waals surface area contributed by atoms with Crippen molar-refractivity contribution in [3.05, 3.63) is 59.6 Å². The maximum absolute atomic E-state index is 14.6. The molecule has 11 heteroatoms. The molecule has 2 aromatic heterocycles. The first-order valence-electron chi connectivity index (χ1n) is 11.4. The molecule has 0 radical (unpaired) electrons. The van der Waals surface area contributed by atoms with Crippen LogP contribution in [0.15, 0.2) is 36.8 Å². The quantitative estimate of drug-likeness (QED) is 0.427. The van der Waals surface area contributed by atoms with Gasteiger partial charge in [0.05, 0.1) is 43.6 Å². The van der Waals surface area contributed by atoms with E-state index in [1.807, 2.05) is 13.8 Å². The Morgan fingerprint density at radius 2 is 1.86 bits per heavy atom. The third-order valence-corrected chi connectivity index (χ3v) is 5.42. The van der Waals surface area contributed by atoms with E-state index in [1.165, 1.54) is 25.6 Å². The second-order valence-corrected chi connectivity index (χ2v) is 8.50. The molecule has 9 nitrogen and oxygen atoms in total. The molecule has 0 amide bonds. The molecule has 0 aliphatic carbocycles. The number of aryl methyl sites for hydroxylation is 1. The zero-order chi connectivity index (χ0) is 25.7. The van der Waals surface area contributed by atoms with E-state index < -0.39 is 17.4 Å². The highest BCUT2D eigenvalue weighted by Gasteiger charge is 2.33. The largest absolute Gasteiger partial charge is 0.494 e. The molecule has 1 aliphatic heterocycles. The molecule has 1 atom stereocenters. The van der Waals surface area contributed by atoms with Gasteiger partial charge in [0.15, 0.2) is 23.1 Å². The highest BCUT2D eigenvalue weighted by Crippen LogP contribution is 2.28. The van der Waals surface area contributed by atoms with Crippen molar-refractivity contribution in [2.24, 2.45) is 0 Å². The Kier molecular flexibility index (Phi) is 7.80. The van der Waals surface area contributed by atoms with E-state index in [2.05, 4.69) is 20.3 Å². The summed E-state index contributed by atoms with van der Waals surface area (Å²) in [5, 5.41) is 3.01. The molecule has 36 heavy (non-hydrogen) atoms. The number of aromatic nitrogens is 3. The number of nitrogens with one attached hydrogen (secondary N) is 1. The van der Waals surface area contributed by atoms with Crippen molar-refractivity contribution in [3.8, 4) is 17.4 Å². The van der Waals surface area contributed by atoms with Gasteiger partial charge in [-0.3, -0.25) is 0 Å². The average Bonchev–Trinajstić information content (AvgIpc) is 3.23. The Bertz CT molecular complexity index is 1150. The molecule has 0 spiro atoms. The molecular weight excluding hydrogens is 474 g/mol. The molecule has 3 heterocycles. The van der Waals surface area contributed by atoms with Gasteiger partial charge in [-0.15, -0.1) is 0 Å². The van der Waals surface area contributed by atoms with Crippen molar-refractivity contribution in [1.82, 2.24) is 15.0 Å². The molecule has 192 valence electrons. The van der Waals surface area contributed by atoms with Gasteiger partial charge in [0, 0.05) is 6.07 Å². The van der Waals surface area contributed by atoms with Crippen molar-refractivity contribution in [2.45, 2.75) is 45.7 Å². The van der Waals surface area contributed by atoms with E-state index in [4.69, 9.17) is 23.7 Å². The van der Waals surface area contributed by atoms with E-state index in [-0.39, 0.29) is 29.8 Å². The lowest BCUT2D eigenvalue weighted by Crippen LogP contribution is -2.25. The van der Waals surface area contributed by atoms with Gasteiger partial charge in [-0.05, 0) is 38.0 Å². The summed E-state index contributed by atoms with van der Waals surface area (Å²) in [6, 6.07) is 4.83.